The van der Waals surface area contributed by atoms with Crippen molar-refractivity contribution in [3.63, 3.8) is 0 Å². The fourth-order valence-electron chi connectivity index (χ4n) is 1.78. The van der Waals surface area contributed by atoms with E-state index < -0.39 is 11.6 Å². The lowest BCUT2D eigenvalue weighted by Gasteiger charge is -2.31. The third-order valence-electron chi connectivity index (χ3n) is 2.74. The first kappa shape index (κ1) is 10.2. The van der Waals surface area contributed by atoms with Crippen LogP contribution in [0.5, 0.6) is 0 Å². The van der Waals surface area contributed by atoms with Crippen LogP contribution >= 0.6 is 0 Å². The zero-order chi connectivity index (χ0) is 11.0. The van der Waals surface area contributed by atoms with Crippen LogP contribution in [0.2, 0.25) is 0 Å². The zero-order valence-corrected chi connectivity index (χ0v) is 8.04. The molecule has 2 rings (SSSR count). The van der Waals surface area contributed by atoms with Crippen molar-refractivity contribution in [2.45, 2.75) is 18.9 Å². The molecule has 0 saturated heterocycles. The summed E-state index contributed by atoms with van der Waals surface area (Å²) in [5.74, 6) is -1.84. The largest absolute Gasteiger partial charge is 0.328 e. The smallest absolute Gasteiger partial charge is 0.169 e. The molecule has 1 aromatic carbocycles. The molecule has 1 saturated carbocycles. The zero-order valence-electron chi connectivity index (χ0n) is 8.04. The van der Waals surface area contributed by atoms with Crippen molar-refractivity contribution in [2.75, 3.05) is 0 Å². The number of nitrogens with two attached hydrogens (primary N) is 1. The number of rotatable bonds is 2. The van der Waals surface area contributed by atoms with Crippen LogP contribution in [-0.4, -0.2) is 11.8 Å². The molecule has 1 aliphatic rings. The highest BCUT2D eigenvalue weighted by molar-refractivity contribution is 5.98. The molecule has 0 radical (unpaired) electrons. The number of hydrogen-bond acceptors (Lipinski definition) is 2. The minimum atomic E-state index is -0.665. The second kappa shape index (κ2) is 3.70. The van der Waals surface area contributed by atoms with Gasteiger partial charge in [0.2, 0.25) is 0 Å². The van der Waals surface area contributed by atoms with Gasteiger partial charge in [-0.25, -0.2) is 8.78 Å². The van der Waals surface area contributed by atoms with Gasteiger partial charge in [-0.3, -0.25) is 4.79 Å². The highest BCUT2D eigenvalue weighted by Crippen LogP contribution is 2.29. The van der Waals surface area contributed by atoms with Gasteiger partial charge >= 0.3 is 0 Å². The molecule has 0 heterocycles. The first-order valence-electron chi connectivity index (χ1n) is 4.83. The van der Waals surface area contributed by atoms with E-state index in [-0.39, 0.29) is 23.3 Å². The van der Waals surface area contributed by atoms with Gasteiger partial charge in [-0.2, -0.15) is 0 Å². The SMILES string of the molecule is NC1CC(C(=O)c2cc(F)ccc2F)C1. The molecule has 1 fully saturated rings. The summed E-state index contributed by atoms with van der Waals surface area (Å²) >= 11 is 0. The lowest BCUT2D eigenvalue weighted by molar-refractivity contribution is 0.0828. The number of halogens is 2. The van der Waals surface area contributed by atoms with Gasteiger partial charge in [-0.1, -0.05) is 0 Å². The molecule has 0 bridgehead atoms. The summed E-state index contributed by atoms with van der Waals surface area (Å²) in [7, 11) is 0. The van der Waals surface area contributed by atoms with E-state index in [0.29, 0.717) is 12.8 Å². The lowest BCUT2D eigenvalue weighted by atomic mass is 9.76. The molecule has 4 heteroatoms. The third-order valence-corrected chi connectivity index (χ3v) is 2.74. The molecule has 80 valence electrons. The second-order valence-corrected chi connectivity index (χ2v) is 3.92. The van der Waals surface area contributed by atoms with Gasteiger partial charge in [-0.05, 0) is 31.0 Å². The van der Waals surface area contributed by atoms with Crippen LogP contribution in [0.15, 0.2) is 18.2 Å². The van der Waals surface area contributed by atoms with Crippen LogP contribution < -0.4 is 5.73 Å². The number of hydrogen-bond donors (Lipinski definition) is 1. The summed E-state index contributed by atoms with van der Waals surface area (Å²) in [6.45, 7) is 0. The Morgan fingerprint density at radius 1 is 1.33 bits per heavy atom. The summed E-state index contributed by atoms with van der Waals surface area (Å²) in [5.41, 5.74) is 5.37. The fourth-order valence-corrected chi connectivity index (χ4v) is 1.78. The van der Waals surface area contributed by atoms with E-state index in [2.05, 4.69) is 0 Å². The van der Waals surface area contributed by atoms with Crippen molar-refractivity contribution in [2.24, 2.45) is 11.7 Å². The van der Waals surface area contributed by atoms with Gasteiger partial charge in [0.1, 0.15) is 11.6 Å². The highest BCUT2D eigenvalue weighted by atomic mass is 19.1. The Bertz CT molecular complexity index is 400. The van der Waals surface area contributed by atoms with Gasteiger partial charge < -0.3 is 5.73 Å². The summed E-state index contributed by atoms with van der Waals surface area (Å²) < 4.78 is 26.0. The van der Waals surface area contributed by atoms with E-state index in [1.807, 2.05) is 0 Å². The molecule has 0 spiro atoms. The molecule has 0 unspecified atom stereocenters. The predicted octanol–water partition coefficient (Wildman–Crippen LogP) is 1.88. The highest BCUT2D eigenvalue weighted by Gasteiger charge is 2.33. The van der Waals surface area contributed by atoms with Gasteiger partial charge in [0.15, 0.2) is 5.78 Å². The Hall–Kier alpha value is -1.29. The van der Waals surface area contributed by atoms with Gasteiger partial charge in [0, 0.05) is 12.0 Å². The van der Waals surface area contributed by atoms with E-state index in [9.17, 15) is 13.6 Å². The Balaban J connectivity index is 2.22. The summed E-state index contributed by atoms with van der Waals surface area (Å²) in [6, 6.07) is 2.94. The van der Waals surface area contributed by atoms with Crippen LogP contribution in [0.25, 0.3) is 0 Å². The second-order valence-electron chi connectivity index (χ2n) is 3.92. The van der Waals surface area contributed by atoms with E-state index in [4.69, 9.17) is 5.73 Å². The monoisotopic (exact) mass is 211 g/mol. The summed E-state index contributed by atoms with van der Waals surface area (Å²) in [5, 5.41) is 0. The minimum absolute atomic E-state index is 0.0237. The molecular formula is C11H11F2NO. The average Bonchev–Trinajstić information content (AvgIpc) is 2.16. The molecule has 1 aromatic rings. The van der Waals surface area contributed by atoms with Crippen LogP contribution in [0, 0.1) is 17.6 Å². The third kappa shape index (κ3) is 1.90. The average molecular weight is 211 g/mol. The van der Waals surface area contributed by atoms with E-state index in [1.54, 1.807) is 0 Å². The Labute approximate surface area is 86.1 Å². The molecule has 0 aromatic heterocycles. The summed E-state index contributed by atoms with van der Waals surface area (Å²) in [6.07, 6.45) is 1.13. The number of ketones is 1. The van der Waals surface area contributed by atoms with Crippen LogP contribution in [0.3, 0.4) is 0 Å². The fraction of sp³-hybridized carbons (Fsp3) is 0.364. The molecular weight excluding hydrogens is 200 g/mol. The van der Waals surface area contributed by atoms with Gasteiger partial charge in [0.25, 0.3) is 0 Å². The number of carbonyl (C=O) groups excluding carboxylic acids is 1. The van der Waals surface area contributed by atoms with Crippen molar-refractivity contribution in [1.82, 2.24) is 0 Å². The quantitative estimate of drug-likeness (QED) is 0.759. The Kier molecular flexibility index (Phi) is 2.52. The van der Waals surface area contributed by atoms with Crippen molar-refractivity contribution in [3.05, 3.63) is 35.4 Å². The number of Topliss-reactive ketones (excluding diaryl/α,β-unsaturated/α-hetero) is 1. The van der Waals surface area contributed by atoms with Gasteiger partial charge in [0.05, 0.1) is 5.56 Å². The predicted molar refractivity (Wildman–Crippen MR) is 51.4 cm³/mol. The van der Waals surface area contributed by atoms with E-state index in [0.717, 1.165) is 18.2 Å². The molecule has 2 N–H and O–H groups in total. The molecule has 0 atom stereocenters. The summed E-state index contributed by atoms with van der Waals surface area (Å²) in [4.78, 5) is 11.7. The number of benzene rings is 1. The number of carbonyl (C=O) groups is 1. The first-order valence-corrected chi connectivity index (χ1v) is 4.83. The van der Waals surface area contributed by atoms with Crippen LogP contribution in [-0.2, 0) is 0 Å². The van der Waals surface area contributed by atoms with Gasteiger partial charge in [-0.15, -0.1) is 0 Å². The molecule has 0 amide bonds. The van der Waals surface area contributed by atoms with E-state index >= 15 is 0 Å². The van der Waals surface area contributed by atoms with Crippen molar-refractivity contribution < 1.29 is 13.6 Å². The maximum atomic E-state index is 13.2. The molecule has 2 nitrogen and oxygen atoms in total. The molecule has 0 aliphatic heterocycles. The minimum Gasteiger partial charge on any atom is -0.328 e. The molecule has 1 aliphatic carbocycles. The van der Waals surface area contributed by atoms with Crippen LogP contribution in [0.1, 0.15) is 23.2 Å². The Morgan fingerprint density at radius 3 is 2.60 bits per heavy atom. The first-order chi connectivity index (χ1) is 7.08. The lowest BCUT2D eigenvalue weighted by Crippen LogP contribution is -2.40. The Morgan fingerprint density at radius 2 is 2.00 bits per heavy atom. The van der Waals surface area contributed by atoms with Crippen molar-refractivity contribution in [3.8, 4) is 0 Å². The van der Waals surface area contributed by atoms with Crippen LogP contribution in [0.4, 0.5) is 8.78 Å². The topological polar surface area (TPSA) is 43.1 Å². The standard InChI is InChI=1S/C11H11F2NO/c12-7-1-2-10(13)9(5-7)11(15)6-3-8(14)4-6/h1-2,5-6,8H,3-4,14H2. The van der Waals surface area contributed by atoms with E-state index in [1.165, 1.54) is 0 Å². The normalized spacial score (nSPS) is 24.7. The maximum absolute atomic E-state index is 13.2. The molecule has 15 heavy (non-hydrogen) atoms. The van der Waals surface area contributed by atoms with Crippen molar-refractivity contribution in [1.29, 1.82) is 0 Å². The van der Waals surface area contributed by atoms with Crippen molar-refractivity contribution >= 4 is 5.78 Å². The maximum Gasteiger partial charge on any atom is 0.169 e.